The quantitative estimate of drug-likeness (QED) is 0.775. The van der Waals surface area contributed by atoms with Crippen molar-refractivity contribution >= 4 is 33.2 Å². The number of carbonyl (C=O) groups is 1. The first-order valence-corrected chi connectivity index (χ1v) is 9.78. The van der Waals surface area contributed by atoms with Gasteiger partial charge in [0.2, 0.25) is 0 Å². The Morgan fingerprint density at radius 3 is 2.27 bits per heavy atom. The van der Waals surface area contributed by atoms with E-state index in [4.69, 9.17) is 4.74 Å². The van der Waals surface area contributed by atoms with Gasteiger partial charge in [-0.3, -0.25) is 4.79 Å². The van der Waals surface area contributed by atoms with E-state index in [-0.39, 0.29) is 4.90 Å². The van der Waals surface area contributed by atoms with Crippen LogP contribution < -0.4 is 10.4 Å². The minimum atomic E-state index is -3.28. The Bertz CT molecular complexity index is 1160. The van der Waals surface area contributed by atoms with Gasteiger partial charge in [0.25, 0.3) is 0 Å². The summed E-state index contributed by atoms with van der Waals surface area (Å²) in [5.74, 6) is -0.613. The van der Waals surface area contributed by atoms with Crippen LogP contribution in [0.1, 0.15) is 19.4 Å². The van der Waals surface area contributed by atoms with Gasteiger partial charge in [-0.15, -0.1) is 0 Å². The Morgan fingerprint density at radius 2 is 1.69 bits per heavy atom. The van der Waals surface area contributed by atoms with E-state index in [0.29, 0.717) is 16.6 Å². The van der Waals surface area contributed by atoms with Crippen molar-refractivity contribution in [2.24, 2.45) is 0 Å². The monoisotopic (exact) mass is 372 g/mol. The predicted octanol–water partition coefficient (Wildman–Crippen LogP) is 2.17. The maximum absolute atomic E-state index is 13.6. The lowest BCUT2D eigenvalue weighted by atomic mass is 10.0. The Hall–Kier alpha value is -2.73. The predicted molar refractivity (Wildman–Crippen MR) is 97.4 cm³/mol. The van der Waals surface area contributed by atoms with Gasteiger partial charge in [-0.2, -0.15) is 0 Å². The molecule has 0 bridgehead atoms. The lowest BCUT2D eigenvalue weighted by molar-refractivity contribution is -0.134. The lowest BCUT2D eigenvalue weighted by Crippen LogP contribution is -2.24. The molecular weight excluding hydrogens is 355 g/mol. The summed E-state index contributed by atoms with van der Waals surface area (Å²) in [6.07, 6.45) is 2.97. The Kier molecular flexibility index (Phi) is 4.54. The first kappa shape index (κ1) is 18.1. The Morgan fingerprint density at radius 1 is 1.04 bits per heavy atom. The normalized spacial score (nSPS) is 15.3. The summed E-state index contributed by atoms with van der Waals surface area (Å²) in [4.78, 5) is 11.7. The van der Waals surface area contributed by atoms with Gasteiger partial charge >= 0.3 is 5.97 Å². The number of sulfone groups is 1. The SMILES string of the molecule is CC(=O)OC1=c2cc(F)ccc2=C/C1=C(/C)c1ccc(S(C)(=O)=O)cc1. The van der Waals surface area contributed by atoms with Gasteiger partial charge < -0.3 is 4.74 Å². The molecule has 0 radical (unpaired) electrons. The van der Waals surface area contributed by atoms with Crippen LogP contribution in [0.5, 0.6) is 0 Å². The number of benzene rings is 2. The summed E-state index contributed by atoms with van der Waals surface area (Å²) < 4.78 is 42.2. The fourth-order valence-electron chi connectivity index (χ4n) is 2.86. The van der Waals surface area contributed by atoms with E-state index in [1.165, 1.54) is 31.2 Å². The molecule has 1 aliphatic rings. The molecule has 3 rings (SSSR count). The summed E-state index contributed by atoms with van der Waals surface area (Å²) in [6, 6.07) is 10.8. The molecule has 0 N–H and O–H groups in total. The van der Waals surface area contributed by atoms with E-state index in [2.05, 4.69) is 0 Å². The van der Waals surface area contributed by atoms with Crippen LogP contribution in [-0.4, -0.2) is 20.6 Å². The number of fused-ring (bicyclic) bond motifs is 1. The minimum absolute atomic E-state index is 0.226. The maximum Gasteiger partial charge on any atom is 0.308 e. The molecule has 0 saturated carbocycles. The molecule has 4 nitrogen and oxygen atoms in total. The molecule has 2 aromatic rings. The molecule has 0 amide bonds. The molecule has 0 spiro atoms. The third-order valence-electron chi connectivity index (χ3n) is 4.17. The molecule has 6 heteroatoms. The van der Waals surface area contributed by atoms with E-state index < -0.39 is 21.6 Å². The van der Waals surface area contributed by atoms with E-state index >= 15 is 0 Å². The molecule has 0 atom stereocenters. The summed E-state index contributed by atoms with van der Waals surface area (Å²) in [6.45, 7) is 3.13. The van der Waals surface area contributed by atoms with E-state index in [9.17, 15) is 17.6 Å². The topological polar surface area (TPSA) is 60.4 Å². The number of carbonyl (C=O) groups excluding carboxylic acids is 1. The first-order chi connectivity index (χ1) is 12.2. The van der Waals surface area contributed by atoms with Gasteiger partial charge in [0, 0.05) is 24.0 Å². The highest BCUT2D eigenvalue weighted by Gasteiger charge is 2.19. The molecule has 1 aliphatic carbocycles. The molecule has 0 aliphatic heterocycles. The highest BCUT2D eigenvalue weighted by molar-refractivity contribution is 7.90. The largest absolute Gasteiger partial charge is 0.425 e. The third kappa shape index (κ3) is 3.46. The molecule has 0 unspecified atom stereocenters. The second-order valence-corrected chi connectivity index (χ2v) is 8.15. The molecule has 134 valence electrons. The molecule has 0 heterocycles. The highest BCUT2D eigenvalue weighted by atomic mass is 32.2. The average Bonchev–Trinajstić information content (AvgIpc) is 2.91. The third-order valence-corrected chi connectivity index (χ3v) is 5.30. The van der Waals surface area contributed by atoms with Crippen LogP contribution in [0.25, 0.3) is 17.4 Å². The molecule has 0 fully saturated rings. The molecule has 2 aromatic carbocycles. The average molecular weight is 372 g/mol. The first-order valence-electron chi connectivity index (χ1n) is 7.88. The fourth-order valence-corrected chi connectivity index (χ4v) is 3.49. The zero-order valence-corrected chi connectivity index (χ0v) is 15.4. The van der Waals surface area contributed by atoms with Crippen molar-refractivity contribution in [3.63, 3.8) is 0 Å². The van der Waals surface area contributed by atoms with Crippen molar-refractivity contribution in [2.45, 2.75) is 18.7 Å². The van der Waals surface area contributed by atoms with E-state index in [1.807, 2.05) is 13.0 Å². The van der Waals surface area contributed by atoms with Crippen molar-refractivity contribution in [3.05, 3.63) is 69.9 Å². The lowest BCUT2D eigenvalue weighted by Gasteiger charge is -2.11. The Balaban J connectivity index is 2.19. The number of rotatable bonds is 3. The minimum Gasteiger partial charge on any atom is -0.425 e. The maximum atomic E-state index is 13.6. The number of hydrogen-bond acceptors (Lipinski definition) is 4. The number of halogens is 1. The zero-order chi connectivity index (χ0) is 19.1. The van der Waals surface area contributed by atoms with Crippen LogP contribution in [-0.2, 0) is 19.4 Å². The molecule has 0 aromatic heterocycles. The highest BCUT2D eigenvalue weighted by Crippen LogP contribution is 2.28. The summed E-state index contributed by atoms with van der Waals surface area (Å²) in [5, 5.41) is 1.27. The van der Waals surface area contributed by atoms with Gasteiger partial charge in [0.15, 0.2) is 9.84 Å². The zero-order valence-electron chi connectivity index (χ0n) is 14.5. The fraction of sp³-hybridized carbons (Fsp3) is 0.150. The number of allylic oxidation sites excluding steroid dienone is 1. The van der Waals surface area contributed by atoms with Gasteiger partial charge in [0.05, 0.1) is 4.90 Å². The second kappa shape index (κ2) is 6.53. The van der Waals surface area contributed by atoms with Gasteiger partial charge in [0.1, 0.15) is 11.6 Å². The Labute approximate surface area is 150 Å². The second-order valence-electron chi connectivity index (χ2n) is 6.13. The van der Waals surface area contributed by atoms with Gasteiger partial charge in [-0.05, 0) is 53.6 Å². The van der Waals surface area contributed by atoms with E-state index in [0.717, 1.165) is 22.6 Å². The molecular formula is C20H17FO4S. The van der Waals surface area contributed by atoms with Crippen molar-refractivity contribution in [1.82, 2.24) is 0 Å². The summed E-state index contributed by atoms with van der Waals surface area (Å²) in [7, 11) is -3.28. The van der Waals surface area contributed by atoms with Gasteiger partial charge in [-0.25, -0.2) is 12.8 Å². The number of hydrogen-bond donors (Lipinski definition) is 0. The summed E-state index contributed by atoms with van der Waals surface area (Å²) >= 11 is 0. The van der Waals surface area contributed by atoms with Crippen molar-refractivity contribution in [1.29, 1.82) is 0 Å². The summed E-state index contributed by atoms with van der Waals surface area (Å²) in [5.41, 5.74) is 2.23. The number of ether oxygens (including phenoxy) is 1. The van der Waals surface area contributed by atoms with Crippen LogP contribution in [0.4, 0.5) is 4.39 Å². The van der Waals surface area contributed by atoms with Crippen molar-refractivity contribution in [3.8, 4) is 0 Å². The van der Waals surface area contributed by atoms with Crippen molar-refractivity contribution < 1.29 is 22.3 Å². The number of esters is 1. The van der Waals surface area contributed by atoms with Crippen LogP contribution in [0, 0.1) is 5.82 Å². The molecule has 0 saturated heterocycles. The van der Waals surface area contributed by atoms with Crippen LogP contribution >= 0.6 is 0 Å². The van der Waals surface area contributed by atoms with Crippen LogP contribution in [0.3, 0.4) is 0 Å². The standard InChI is InChI=1S/C20H17FO4S/c1-12(14-5-8-17(9-6-14)26(3,23)24)18-10-15-4-7-16(21)11-19(15)20(18)25-13(2)22/h4-11H,1-3H3/b18-12+. The smallest absolute Gasteiger partial charge is 0.308 e. The van der Waals surface area contributed by atoms with Crippen LogP contribution in [0.15, 0.2) is 52.9 Å². The molecule has 26 heavy (non-hydrogen) atoms. The van der Waals surface area contributed by atoms with E-state index in [1.54, 1.807) is 18.2 Å². The van der Waals surface area contributed by atoms with Crippen molar-refractivity contribution in [2.75, 3.05) is 6.26 Å². The van der Waals surface area contributed by atoms with Gasteiger partial charge in [-0.1, -0.05) is 18.2 Å². The van der Waals surface area contributed by atoms with Crippen LogP contribution in [0.2, 0.25) is 0 Å².